The summed E-state index contributed by atoms with van der Waals surface area (Å²) in [6, 6.07) is 8.15. The first-order valence-corrected chi connectivity index (χ1v) is 11.3. The highest BCUT2D eigenvalue weighted by Gasteiger charge is 2.21. The summed E-state index contributed by atoms with van der Waals surface area (Å²) >= 11 is 6.05. The highest BCUT2D eigenvalue weighted by molar-refractivity contribution is 6.30. The summed E-state index contributed by atoms with van der Waals surface area (Å²) in [5.74, 6) is 0.182. The lowest BCUT2D eigenvalue weighted by Gasteiger charge is -2.35. The fourth-order valence-corrected chi connectivity index (χ4v) is 4.34. The summed E-state index contributed by atoms with van der Waals surface area (Å²) in [5.41, 5.74) is 1.20. The van der Waals surface area contributed by atoms with Gasteiger partial charge in [-0.1, -0.05) is 43.0 Å². The Labute approximate surface area is 179 Å². The van der Waals surface area contributed by atoms with E-state index in [9.17, 15) is 9.59 Å². The minimum absolute atomic E-state index is 0.0982. The third kappa shape index (κ3) is 7.52. The van der Waals surface area contributed by atoms with Gasteiger partial charge in [-0.25, -0.2) is 4.79 Å². The average Bonchev–Trinajstić information content (AvgIpc) is 2.72. The van der Waals surface area contributed by atoms with Gasteiger partial charge < -0.3 is 15.5 Å². The molecule has 1 saturated heterocycles. The van der Waals surface area contributed by atoms with Crippen LogP contribution in [0.4, 0.5) is 4.79 Å². The van der Waals surface area contributed by atoms with E-state index in [1.54, 1.807) is 0 Å². The molecule has 29 heavy (non-hydrogen) atoms. The third-order valence-electron chi connectivity index (χ3n) is 5.81. The summed E-state index contributed by atoms with van der Waals surface area (Å²) in [7, 11) is 0. The number of piperazine rings is 1. The summed E-state index contributed by atoms with van der Waals surface area (Å²) < 4.78 is 0. The first kappa shape index (κ1) is 21.9. The molecule has 1 aromatic rings. The first-order valence-electron chi connectivity index (χ1n) is 10.9. The lowest BCUT2D eigenvalue weighted by atomic mass is 9.96. The van der Waals surface area contributed by atoms with Crippen molar-refractivity contribution in [3.05, 3.63) is 34.9 Å². The molecule has 1 aromatic carbocycles. The quantitative estimate of drug-likeness (QED) is 0.664. The number of hydrogen-bond acceptors (Lipinski definition) is 3. The highest BCUT2D eigenvalue weighted by atomic mass is 35.5. The standard InChI is InChI=1S/C22H33ClN4O2/c23-19-7-4-6-18(16-19)17-26-12-14-27(15-13-26)21(28)10-5-11-24-22(29)25-20-8-2-1-3-9-20/h4,6-7,16,20H,1-3,5,8-15,17H2,(H2,24,25,29). The van der Waals surface area contributed by atoms with Gasteiger partial charge in [0.25, 0.3) is 0 Å². The Morgan fingerprint density at radius 1 is 1.07 bits per heavy atom. The van der Waals surface area contributed by atoms with Crippen molar-refractivity contribution in [3.8, 4) is 0 Å². The predicted octanol–water partition coefficient (Wildman–Crippen LogP) is 3.40. The fraction of sp³-hybridized carbons (Fsp3) is 0.636. The van der Waals surface area contributed by atoms with Gasteiger partial charge in [0.15, 0.2) is 0 Å². The van der Waals surface area contributed by atoms with Crippen LogP contribution in [0.1, 0.15) is 50.5 Å². The number of nitrogens with zero attached hydrogens (tertiary/aromatic N) is 2. The fourth-order valence-electron chi connectivity index (χ4n) is 4.13. The van der Waals surface area contributed by atoms with Crippen LogP contribution in [0.5, 0.6) is 0 Å². The molecule has 1 saturated carbocycles. The van der Waals surface area contributed by atoms with Gasteiger partial charge in [0.05, 0.1) is 0 Å². The monoisotopic (exact) mass is 420 g/mol. The first-order chi connectivity index (χ1) is 14.1. The van der Waals surface area contributed by atoms with E-state index >= 15 is 0 Å². The van der Waals surface area contributed by atoms with Crippen molar-refractivity contribution in [2.24, 2.45) is 0 Å². The average molecular weight is 421 g/mol. The van der Waals surface area contributed by atoms with Gasteiger partial charge >= 0.3 is 6.03 Å². The maximum atomic E-state index is 12.4. The molecule has 2 aliphatic rings. The Balaban J connectivity index is 1.27. The molecule has 0 radical (unpaired) electrons. The van der Waals surface area contributed by atoms with E-state index in [1.165, 1.54) is 24.8 Å². The van der Waals surface area contributed by atoms with Crippen molar-refractivity contribution in [2.75, 3.05) is 32.7 Å². The molecule has 0 aromatic heterocycles. The second kappa shape index (κ2) is 11.4. The third-order valence-corrected chi connectivity index (χ3v) is 6.05. The van der Waals surface area contributed by atoms with Gasteiger partial charge in [-0.2, -0.15) is 0 Å². The molecule has 2 N–H and O–H groups in total. The lowest BCUT2D eigenvalue weighted by molar-refractivity contribution is -0.133. The molecule has 3 amide bonds. The van der Waals surface area contributed by atoms with Gasteiger partial charge in [-0.05, 0) is 37.0 Å². The van der Waals surface area contributed by atoms with E-state index in [1.807, 2.05) is 23.1 Å². The Kier molecular flexibility index (Phi) is 8.62. The molecule has 0 unspecified atom stereocenters. The van der Waals surface area contributed by atoms with Crippen LogP contribution in [0.3, 0.4) is 0 Å². The van der Waals surface area contributed by atoms with E-state index in [0.717, 1.165) is 50.6 Å². The zero-order valence-corrected chi connectivity index (χ0v) is 17.9. The molecule has 1 heterocycles. The number of urea groups is 1. The van der Waals surface area contributed by atoms with Crippen LogP contribution >= 0.6 is 11.6 Å². The summed E-state index contributed by atoms with van der Waals surface area (Å²) in [6.07, 6.45) is 7.00. The van der Waals surface area contributed by atoms with Crippen molar-refractivity contribution >= 4 is 23.5 Å². The maximum Gasteiger partial charge on any atom is 0.315 e. The van der Waals surface area contributed by atoms with Crippen LogP contribution < -0.4 is 10.6 Å². The number of nitrogens with one attached hydrogen (secondary N) is 2. The maximum absolute atomic E-state index is 12.4. The van der Waals surface area contributed by atoms with Crippen LogP contribution in [0, 0.1) is 0 Å². The number of carbonyl (C=O) groups is 2. The largest absolute Gasteiger partial charge is 0.340 e. The van der Waals surface area contributed by atoms with E-state index in [-0.39, 0.29) is 11.9 Å². The Bertz CT molecular complexity index is 671. The minimum Gasteiger partial charge on any atom is -0.340 e. The number of halogens is 1. The van der Waals surface area contributed by atoms with Crippen LogP contribution in [-0.2, 0) is 11.3 Å². The Morgan fingerprint density at radius 3 is 2.55 bits per heavy atom. The zero-order chi connectivity index (χ0) is 20.5. The topological polar surface area (TPSA) is 64.7 Å². The number of amides is 3. The molecule has 0 spiro atoms. The second-order valence-electron chi connectivity index (χ2n) is 8.13. The van der Waals surface area contributed by atoms with Gasteiger partial charge in [0.1, 0.15) is 0 Å². The summed E-state index contributed by atoms with van der Waals surface area (Å²) in [6.45, 7) is 4.67. The molecular weight excluding hydrogens is 388 g/mol. The predicted molar refractivity (Wildman–Crippen MR) is 116 cm³/mol. The summed E-state index contributed by atoms with van der Waals surface area (Å²) in [4.78, 5) is 28.7. The number of rotatable bonds is 7. The van der Waals surface area contributed by atoms with E-state index in [0.29, 0.717) is 25.4 Å². The molecule has 0 bridgehead atoms. The molecule has 1 aliphatic heterocycles. The molecule has 6 nitrogen and oxygen atoms in total. The van der Waals surface area contributed by atoms with Crippen molar-refractivity contribution < 1.29 is 9.59 Å². The lowest BCUT2D eigenvalue weighted by Crippen LogP contribution is -2.48. The van der Waals surface area contributed by atoms with Gasteiger partial charge in [0.2, 0.25) is 5.91 Å². The summed E-state index contributed by atoms with van der Waals surface area (Å²) in [5, 5.41) is 6.69. The van der Waals surface area contributed by atoms with Gasteiger partial charge in [-0.3, -0.25) is 9.69 Å². The minimum atomic E-state index is -0.0982. The van der Waals surface area contributed by atoms with E-state index in [2.05, 4.69) is 21.6 Å². The number of benzene rings is 1. The number of carbonyl (C=O) groups excluding carboxylic acids is 2. The highest BCUT2D eigenvalue weighted by Crippen LogP contribution is 2.17. The van der Waals surface area contributed by atoms with Crippen molar-refractivity contribution in [1.29, 1.82) is 0 Å². The molecule has 2 fully saturated rings. The van der Waals surface area contributed by atoms with Crippen molar-refractivity contribution in [2.45, 2.75) is 57.5 Å². The molecular formula is C22H33ClN4O2. The zero-order valence-electron chi connectivity index (χ0n) is 17.2. The van der Waals surface area contributed by atoms with Crippen LogP contribution in [0.2, 0.25) is 5.02 Å². The number of hydrogen-bond donors (Lipinski definition) is 2. The SMILES string of the molecule is O=C(NCCCC(=O)N1CCN(Cc2cccc(Cl)c2)CC1)NC1CCCCC1. The molecule has 160 valence electrons. The molecule has 7 heteroatoms. The van der Waals surface area contributed by atoms with E-state index < -0.39 is 0 Å². The Morgan fingerprint density at radius 2 is 1.83 bits per heavy atom. The Hall–Kier alpha value is -1.79. The molecule has 0 atom stereocenters. The van der Waals surface area contributed by atoms with Crippen molar-refractivity contribution in [3.63, 3.8) is 0 Å². The molecule has 1 aliphatic carbocycles. The smallest absolute Gasteiger partial charge is 0.315 e. The normalized spacial score (nSPS) is 18.4. The van der Waals surface area contributed by atoms with Crippen LogP contribution in [0.25, 0.3) is 0 Å². The van der Waals surface area contributed by atoms with E-state index in [4.69, 9.17) is 11.6 Å². The van der Waals surface area contributed by atoms with Crippen LogP contribution in [-0.4, -0.2) is 60.5 Å². The second-order valence-corrected chi connectivity index (χ2v) is 8.56. The van der Waals surface area contributed by atoms with Crippen LogP contribution in [0.15, 0.2) is 24.3 Å². The molecule has 3 rings (SSSR count). The van der Waals surface area contributed by atoms with Gasteiger partial charge in [0, 0.05) is 56.8 Å². The van der Waals surface area contributed by atoms with Gasteiger partial charge in [-0.15, -0.1) is 0 Å². The van der Waals surface area contributed by atoms with Crippen molar-refractivity contribution in [1.82, 2.24) is 20.4 Å².